The maximum absolute atomic E-state index is 11.7. The molecule has 1 rings (SSSR count). The molecule has 10 heteroatoms. The summed E-state index contributed by atoms with van der Waals surface area (Å²) in [5.74, 6) is 0. The van der Waals surface area contributed by atoms with E-state index in [0.717, 1.165) is 0 Å². The molecule has 0 aromatic heterocycles. The monoisotopic (exact) mass is 345 g/mol. The SMILES string of the molecule is CCO[Si](OCC)(OCC)c1ccc(S(=O)(=O)N=[N+]=[N-])cc1. The standard InChI is InChI=1S/C12H19N3O5SSi/c1-4-18-22(19-5-2,20-6-3)12-9-7-11(8-10-12)21(16,17)15-14-13/h7-10H,4-6H2,1-3H3. The van der Waals surface area contributed by atoms with E-state index in [2.05, 4.69) is 9.43 Å². The van der Waals surface area contributed by atoms with Crippen molar-refractivity contribution in [3.63, 3.8) is 0 Å². The van der Waals surface area contributed by atoms with Gasteiger partial charge in [0, 0.05) is 34.4 Å². The van der Waals surface area contributed by atoms with Crippen LogP contribution in [0.4, 0.5) is 0 Å². The molecular formula is C12H19N3O5SSi. The van der Waals surface area contributed by atoms with E-state index in [1.165, 1.54) is 12.1 Å². The zero-order valence-electron chi connectivity index (χ0n) is 12.7. The second-order valence-electron chi connectivity index (χ2n) is 4.03. The molecule has 22 heavy (non-hydrogen) atoms. The van der Waals surface area contributed by atoms with E-state index in [1.807, 2.05) is 20.8 Å². The van der Waals surface area contributed by atoms with Crippen LogP contribution in [0.1, 0.15) is 20.8 Å². The Labute approximate surface area is 131 Å². The number of rotatable bonds is 9. The summed E-state index contributed by atoms with van der Waals surface area (Å²) in [6.45, 7) is 6.72. The molecule has 0 fully saturated rings. The molecule has 0 saturated heterocycles. The lowest BCUT2D eigenvalue weighted by Crippen LogP contribution is -2.56. The van der Waals surface area contributed by atoms with E-state index in [1.54, 1.807) is 12.1 Å². The van der Waals surface area contributed by atoms with E-state index in [4.69, 9.17) is 18.8 Å². The molecule has 0 aliphatic rings. The van der Waals surface area contributed by atoms with Crippen LogP contribution < -0.4 is 5.19 Å². The first-order valence-corrected chi connectivity index (χ1v) is 9.96. The van der Waals surface area contributed by atoms with Crippen molar-refractivity contribution in [3.8, 4) is 0 Å². The number of sulfonamides is 1. The summed E-state index contributed by atoms with van der Waals surface area (Å²) >= 11 is 0. The fourth-order valence-electron chi connectivity index (χ4n) is 1.87. The predicted octanol–water partition coefficient (Wildman–Crippen LogP) is 1.94. The molecule has 122 valence electrons. The first kappa shape index (κ1) is 18.6. The van der Waals surface area contributed by atoms with Gasteiger partial charge in [-0.1, -0.05) is 12.1 Å². The number of hydrogen-bond donors (Lipinski definition) is 0. The molecule has 8 nitrogen and oxygen atoms in total. The van der Waals surface area contributed by atoms with E-state index >= 15 is 0 Å². The van der Waals surface area contributed by atoms with Gasteiger partial charge in [0.2, 0.25) is 0 Å². The molecule has 1 aromatic rings. The third-order valence-electron chi connectivity index (χ3n) is 2.65. The van der Waals surface area contributed by atoms with Crippen molar-refractivity contribution in [2.45, 2.75) is 25.7 Å². The molecule has 0 aliphatic carbocycles. The van der Waals surface area contributed by atoms with Gasteiger partial charge in [-0.15, -0.1) is 0 Å². The largest absolute Gasteiger partial charge is 0.537 e. The van der Waals surface area contributed by atoms with Gasteiger partial charge in [0.25, 0.3) is 10.0 Å². The molecule has 1 aromatic carbocycles. The Morgan fingerprint density at radius 3 is 1.86 bits per heavy atom. The number of nitrogens with zero attached hydrogens (tertiary/aromatic N) is 3. The quantitative estimate of drug-likeness (QED) is 0.294. The highest BCUT2D eigenvalue weighted by atomic mass is 32.2. The number of benzene rings is 1. The van der Waals surface area contributed by atoms with Crippen molar-refractivity contribution in [3.05, 3.63) is 34.7 Å². The second kappa shape index (κ2) is 8.27. The summed E-state index contributed by atoms with van der Waals surface area (Å²) in [7, 11) is -7.08. The van der Waals surface area contributed by atoms with Gasteiger partial charge in [0.1, 0.15) is 0 Å². The third-order valence-corrected chi connectivity index (χ3v) is 6.86. The normalized spacial score (nSPS) is 12.0. The van der Waals surface area contributed by atoms with Crippen LogP contribution in [0, 0.1) is 0 Å². The Morgan fingerprint density at radius 1 is 1.05 bits per heavy atom. The third kappa shape index (κ3) is 4.29. The zero-order chi connectivity index (χ0) is 16.6. The van der Waals surface area contributed by atoms with Gasteiger partial charge in [-0.2, -0.15) is 0 Å². The Balaban J connectivity index is 3.25. The molecule has 0 amide bonds. The van der Waals surface area contributed by atoms with Crippen molar-refractivity contribution < 1.29 is 21.7 Å². The van der Waals surface area contributed by atoms with Gasteiger partial charge in [-0.05, 0) is 38.4 Å². The molecule has 0 heterocycles. The first-order chi connectivity index (χ1) is 10.5. The molecule has 0 bridgehead atoms. The van der Waals surface area contributed by atoms with Crippen molar-refractivity contribution in [1.29, 1.82) is 0 Å². The van der Waals surface area contributed by atoms with Gasteiger partial charge in [0.15, 0.2) is 0 Å². The van der Waals surface area contributed by atoms with Crippen LogP contribution in [0.5, 0.6) is 0 Å². The summed E-state index contributed by atoms with van der Waals surface area (Å²) in [5, 5.41) is 0.651. The molecular weight excluding hydrogens is 326 g/mol. The lowest BCUT2D eigenvalue weighted by atomic mass is 10.4. The Bertz CT molecular complexity index is 612. The Kier molecular flexibility index (Phi) is 7.00. The summed E-state index contributed by atoms with van der Waals surface area (Å²) in [5.41, 5.74) is 8.28. The lowest BCUT2D eigenvalue weighted by Gasteiger charge is -2.28. The Hall–Kier alpha value is -1.42. The van der Waals surface area contributed by atoms with Crippen LogP contribution in [0.25, 0.3) is 10.4 Å². The topological polar surface area (TPSA) is 111 Å². The van der Waals surface area contributed by atoms with Gasteiger partial charge >= 0.3 is 8.80 Å². The average molecular weight is 345 g/mol. The molecule has 0 aliphatic heterocycles. The van der Waals surface area contributed by atoms with Gasteiger partial charge in [0.05, 0.1) is 4.90 Å². The van der Waals surface area contributed by atoms with Crippen molar-refractivity contribution in [2.75, 3.05) is 19.8 Å². The molecule has 0 atom stereocenters. The van der Waals surface area contributed by atoms with Crippen LogP contribution >= 0.6 is 0 Å². The maximum Gasteiger partial charge on any atom is 0.537 e. The molecule has 0 spiro atoms. The van der Waals surface area contributed by atoms with Gasteiger partial charge < -0.3 is 13.3 Å². The lowest BCUT2D eigenvalue weighted by molar-refractivity contribution is 0.0859. The fraction of sp³-hybridized carbons (Fsp3) is 0.500. The first-order valence-electron chi connectivity index (χ1n) is 6.79. The minimum atomic E-state index is -4.01. The van der Waals surface area contributed by atoms with E-state index in [9.17, 15) is 8.42 Å². The summed E-state index contributed by atoms with van der Waals surface area (Å²) in [4.78, 5) is 2.22. The summed E-state index contributed by atoms with van der Waals surface area (Å²) in [6, 6.07) is 5.82. The van der Waals surface area contributed by atoms with Crippen LogP contribution in [0.2, 0.25) is 0 Å². The van der Waals surface area contributed by atoms with Crippen LogP contribution in [-0.2, 0) is 23.3 Å². The number of hydrogen-bond acceptors (Lipinski definition) is 5. The predicted molar refractivity (Wildman–Crippen MR) is 83.0 cm³/mol. The maximum atomic E-state index is 11.7. The van der Waals surface area contributed by atoms with Crippen molar-refractivity contribution in [1.82, 2.24) is 0 Å². The second-order valence-corrected chi connectivity index (χ2v) is 8.17. The molecule has 0 radical (unpaired) electrons. The van der Waals surface area contributed by atoms with Crippen molar-refractivity contribution >= 4 is 24.0 Å². The smallest absolute Gasteiger partial charge is 0.370 e. The number of azide groups is 1. The fourth-order valence-corrected chi connectivity index (χ4v) is 5.01. The highest BCUT2D eigenvalue weighted by Crippen LogP contribution is 2.15. The highest BCUT2D eigenvalue weighted by molar-refractivity contribution is 7.90. The van der Waals surface area contributed by atoms with Crippen molar-refractivity contribution in [2.24, 2.45) is 4.52 Å². The van der Waals surface area contributed by atoms with Crippen LogP contribution in [-0.4, -0.2) is 37.0 Å². The highest BCUT2D eigenvalue weighted by Gasteiger charge is 2.43. The van der Waals surface area contributed by atoms with Gasteiger partial charge in [-0.3, -0.25) is 0 Å². The Morgan fingerprint density at radius 2 is 1.50 bits per heavy atom. The van der Waals surface area contributed by atoms with Gasteiger partial charge in [-0.25, -0.2) is 8.42 Å². The molecule has 0 unspecified atom stereocenters. The minimum absolute atomic E-state index is 0.0959. The van der Waals surface area contributed by atoms with Crippen LogP contribution in [0.3, 0.4) is 0 Å². The minimum Gasteiger partial charge on any atom is -0.370 e. The van der Waals surface area contributed by atoms with E-state index in [-0.39, 0.29) is 4.90 Å². The average Bonchev–Trinajstić information content (AvgIpc) is 2.48. The van der Waals surface area contributed by atoms with Crippen LogP contribution in [0.15, 0.2) is 33.7 Å². The molecule has 0 saturated carbocycles. The van der Waals surface area contributed by atoms with E-state index < -0.39 is 18.8 Å². The zero-order valence-corrected chi connectivity index (χ0v) is 14.5. The molecule has 0 N–H and O–H groups in total. The summed E-state index contributed by atoms with van der Waals surface area (Å²) in [6.07, 6.45) is 0. The van der Waals surface area contributed by atoms with E-state index in [0.29, 0.717) is 25.0 Å². The summed E-state index contributed by atoms with van der Waals surface area (Å²) < 4.78 is 43.3.